The minimum atomic E-state index is -0.732. The summed E-state index contributed by atoms with van der Waals surface area (Å²) in [4.78, 5) is 43.9. The van der Waals surface area contributed by atoms with Crippen LogP contribution in [-0.4, -0.2) is 51.8 Å². The molecule has 0 N–H and O–H groups in total. The van der Waals surface area contributed by atoms with Crippen molar-refractivity contribution in [2.24, 2.45) is 0 Å². The Balaban J connectivity index is 1.64. The highest BCUT2D eigenvalue weighted by Crippen LogP contribution is 2.39. The van der Waals surface area contributed by atoms with E-state index in [4.69, 9.17) is 0 Å². The van der Waals surface area contributed by atoms with E-state index >= 15 is 0 Å². The van der Waals surface area contributed by atoms with E-state index in [-0.39, 0.29) is 18.8 Å². The standard InChI is InChI=1S/C18H19N3O3S2/c1-11(2)21-17(23)16(22)20(18(21)24)10-19-7-5-13-12(6-9-26-13)15(19)14-4-3-8-25-14/h3-4,6,8-9,11,15H,5,7,10H2,1-2H3/t15-/m0/s1. The van der Waals surface area contributed by atoms with Gasteiger partial charge in [-0.1, -0.05) is 6.07 Å². The number of nitrogens with zero attached hydrogens (tertiary/aromatic N) is 3. The smallest absolute Gasteiger partial charge is 0.273 e. The highest BCUT2D eigenvalue weighted by atomic mass is 32.1. The molecule has 4 heterocycles. The predicted octanol–water partition coefficient (Wildman–Crippen LogP) is 2.91. The van der Waals surface area contributed by atoms with Crippen molar-refractivity contribution in [3.63, 3.8) is 0 Å². The van der Waals surface area contributed by atoms with Gasteiger partial charge in [0, 0.05) is 22.3 Å². The lowest BCUT2D eigenvalue weighted by molar-refractivity contribution is -0.144. The van der Waals surface area contributed by atoms with Crippen LogP contribution in [0, 0.1) is 0 Å². The SMILES string of the molecule is CC(C)N1C(=O)C(=O)N(CN2CCc3sccc3[C@H]2c2cccs2)C1=O. The van der Waals surface area contributed by atoms with E-state index in [1.165, 1.54) is 15.3 Å². The number of carbonyl (C=O) groups is 3. The molecule has 6 nitrogen and oxygen atoms in total. The summed E-state index contributed by atoms with van der Waals surface area (Å²) < 4.78 is 0. The van der Waals surface area contributed by atoms with E-state index in [9.17, 15) is 14.4 Å². The number of hydrogen-bond acceptors (Lipinski definition) is 6. The summed E-state index contributed by atoms with van der Waals surface area (Å²) in [5.41, 5.74) is 1.23. The molecule has 2 aromatic rings. The summed E-state index contributed by atoms with van der Waals surface area (Å²) in [5, 5.41) is 4.12. The highest BCUT2D eigenvalue weighted by molar-refractivity contribution is 7.10. The van der Waals surface area contributed by atoms with E-state index in [2.05, 4.69) is 22.4 Å². The molecule has 0 radical (unpaired) electrons. The van der Waals surface area contributed by atoms with Crippen LogP contribution in [0.4, 0.5) is 4.79 Å². The summed E-state index contributed by atoms with van der Waals surface area (Å²) in [7, 11) is 0. The van der Waals surface area contributed by atoms with Gasteiger partial charge in [-0.05, 0) is 48.7 Å². The van der Waals surface area contributed by atoms with Gasteiger partial charge in [-0.2, -0.15) is 0 Å². The number of carbonyl (C=O) groups excluding carboxylic acids is 3. The van der Waals surface area contributed by atoms with Crippen molar-refractivity contribution in [1.82, 2.24) is 14.7 Å². The maximum Gasteiger partial charge on any atom is 0.335 e. The number of rotatable bonds is 4. The molecule has 8 heteroatoms. The zero-order chi connectivity index (χ0) is 18.4. The molecule has 0 saturated carbocycles. The van der Waals surface area contributed by atoms with Crippen molar-refractivity contribution in [2.75, 3.05) is 13.2 Å². The highest BCUT2D eigenvalue weighted by Gasteiger charge is 2.47. The van der Waals surface area contributed by atoms with Crippen LogP contribution in [0.2, 0.25) is 0 Å². The summed E-state index contributed by atoms with van der Waals surface area (Å²) >= 11 is 3.41. The number of thiophene rings is 2. The van der Waals surface area contributed by atoms with Gasteiger partial charge in [0.25, 0.3) is 0 Å². The molecule has 2 aromatic heterocycles. The van der Waals surface area contributed by atoms with Gasteiger partial charge >= 0.3 is 17.8 Å². The Labute approximate surface area is 159 Å². The number of imide groups is 2. The summed E-state index contributed by atoms with van der Waals surface area (Å²) in [6.07, 6.45) is 0.882. The molecule has 136 valence electrons. The molecular formula is C18H19N3O3S2. The lowest BCUT2D eigenvalue weighted by Crippen LogP contribution is -2.46. The fraction of sp³-hybridized carbons (Fsp3) is 0.389. The lowest BCUT2D eigenvalue weighted by atomic mass is 9.99. The van der Waals surface area contributed by atoms with Crippen LogP contribution < -0.4 is 0 Å². The summed E-state index contributed by atoms with van der Waals surface area (Å²) in [6.45, 7) is 4.34. The van der Waals surface area contributed by atoms with Crippen LogP contribution in [-0.2, 0) is 16.0 Å². The lowest BCUT2D eigenvalue weighted by Gasteiger charge is -2.37. The average Bonchev–Trinajstić information content (AvgIpc) is 3.32. The van der Waals surface area contributed by atoms with E-state index < -0.39 is 17.8 Å². The van der Waals surface area contributed by atoms with Crippen molar-refractivity contribution < 1.29 is 14.4 Å². The molecule has 4 amide bonds. The van der Waals surface area contributed by atoms with Crippen LogP contribution in [0.1, 0.15) is 35.2 Å². The Morgan fingerprint density at radius 1 is 1.12 bits per heavy atom. The normalized spacial score (nSPS) is 21.2. The largest absolute Gasteiger partial charge is 0.335 e. The molecule has 4 rings (SSSR count). The Hall–Kier alpha value is -2.03. The molecular weight excluding hydrogens is 370 g/mol. The van der Waals surface area contributed by atoms with Crippen LogP contribution in [0.25, 0.3) is 0 Å². The Morgan fingerprint density at radius 2 is 1.92 bits per heavy atom. The minimum absolute atomic E-state index is 0.00815. The third kappa shape index (κ3) is 2.69. The number of urea groups is 1. The number of hydrogen-bond donors (Lipinski definition) is 0. The molecule has 26 heavy (non-hydrogen) atoms. The van der Waals surface area contributed by atoms with Gasteiger partial charge in [-0.3, -0.25) is 19.4 Å². The van der Waals surface area contributed by atoms with Gasteiger partial charge < -0.3 is 0 Å². The monoisotopic (exact) mass is 389 g/mol. The van der Waals surface area contributed by atoms with E-state index in [1.54, 1.807) is 36.5 Å². The molecule has 1 atom stereocenters. The van der Waals surface area contributed by atoms with E-state index in [1.807, 2.05) is 11.4 Å². The summed E-state index contributed by atoms with van der Waals surface area (Å²) in [5.74, 6) is -1.46. The third-order valence-corrected chi connectivity index (χ3v) is 6.72. The van der Waals surface area contributed by atoms with Crippen molar-refractivity contribution >= 4 is 40.5 Å². The maximum absolute atomic E-state index is 12.6. The molecule has 0 spiro atoms. The van der Waals surface area contributed by atoms with Crippen molar-refractivity contribution in [1.29, 1.82) is 0 Å². The van der Waals surface area contributed by atoms with Crippen LogP contribution in [0.5, 0.6) is 0 Å². The first kappa shape index (κ1) is 17.4. The van der Waals surface area contributed by atoms with Crippen LogP contribution in [0.15, 0.2) is 29.0 Å². The molecule has 1 saturated heterocycles. The van der Waals surface area contributed by atoms with Gasteiger partial charge in [-0.15, -0.1) is 22.7 Å². The zero-order valence-corrected chi connectivity index (χ0v) is 16.2. The second-order valence-electron chi connectivity index (χ2n) is 6.71. The molecule has 0 bridgehead atoms. The van der Waals surface area contributed by atoms with Gasteiger partial charge in [0.2, 0.25) is 0 Å². The van der Waals surface area contributed by atoms with Crippen molar-refractivity contribution in [2.45, 2.75) is 32.4 Å². The van der Waals surface area contributed by atoms with Gasteiger partial charge in [0.05, 0.1) is 12.7 Å². The quantitative estimate of drug-likeness (QED) is 0.596. The fourth-order valence-electron chi connectivity index (χ4n) is 3.58. The Morgan fingerprint density at radius 3 is 2.58 bits per heavy atom. The molecule has 1 fully saturated rings. The maximum atomic E-state index is 12.6. The number of amides is 4. The Bertz CT molecular complexity index is 859. The second kappa shape index (κ2) is 6.61. The molecule has 0 aliphatic carbocycles. The number of fused-ring (bicyclic) bond motifs is 1. The van der Waals surface area contributed by atoms with E-state index in [0.29, 0.717) is 0 Å². The van der Waals surface area contributed by atoms with Crippen molar-refractivity contribution in [3.05, 3.63) is 44.3 Å². The molecule has 0 aromatic carbocycles. The van der Waals surface area contributed by atoms with Crippen LogP contribution in [0.3, 0.4) is 0 Å². The molecule has 0 unspecified atom stereocenters. The van der Waals surface area contributed by atoms with E-state index in [0.717, 1.165) is 22.8 Å². The predicted molar refractivity (Wildman–Crippen MR) is 100.0 cm³/mol. The van der Waals surface area contributed by atoms with Gasteiger partial charge in [-0.25, -0.2) is 9.69 Å². The Kier molecular flexibility index (Phi) is 4.42. The molecule has 2 aliphatic rings. The second-order valence-corrected chi connectivity index (χ2v) is 8.69. The van der Waals surface area contributed by atoms with Gasteiger partial charge in [0.15, 0.2) is 0 Å². The van der Waals surface area contributed by atoms with Crippen LogP contribution >= 0.6 is 22.7 Å². The first-order chi connectivity index (χ1) is 12.5. The average molecular weight is 390 g/mol. The fourth-order valence-corrected chi connectivity index (χ4v) is 5.36. The first-order valence-electron chi connectivity index (χ1n) is 8.51. The van der Waals surface area contributed by atoms with Crippen molar-refractivity contribution in [3.8, 4) is 0 Å². The minimum Gasteiger partial charge on any atom is -0.273 e. The summed E-state index contributed by atoms with van der Waals surface area (Å²) in [6, 6.07) is 5.37. The zero-order valence-electron chi connectivity index (χ0n) is 14.5. The third-order valence-electron chi connectivity index (χ3n) is 4.80. The molecule has 2 aliphatic heterocycles. The van der Waals surface area contributed by atoms with Gasteiger partial charge in [0.1, 0.15) is 0 Å². The topological polar surface area (TPSA) is 60.9 Å². The first-order valence-corrected chi connectivity index (χ1v) is 10.3.